The van der Waals surface area contributed by atoms with Crippen LogP contribution in [0.15, 0.2) is 30.5 Å². The van der Waals surface area contributed by atoms with E-state index in [1.807, 2.05) is 30.5 Å². The average molecular weight is 325 g/mol. The summed E-state index contributed by atoms with van der Waals surface area (Å²) in [7, 11) is 0. The number of aromatic nitrogens is 2. The van der Waals surface area contributed by atoms with Crippen LogP contribution in [0.25, 0.3) is 10.9 Å². The summed E-state index contributed by atoms with van der Waals surface area (Å²) in [6.45, 7) is 0.155. The fourth-order valence-electron chi connectivity index (χ4n) is 1.97. The molecule has 1 heterocycles. The Labute approximate surface area is 174 Å². The molecule has 110 valence electrons. The Hall–Kier alpha value is -0.410. The Morgan fingerprint density at radius 1 is 1.14 bits per heavy atom. The second kappa shape index (κ2) is 10.4. The summed E-state index contributed by atoms with van der Waals surface area (Å²) in [5.74, 6) is -2.09. The zero-order valence-corrected chi connectivity index (χ0v) is 16.8. The Kier molecular flexibility index (Phi) is 10.2. The first-order valence-electron chi connectivity index (χ1n) is 6.13. The third-order valence-corrected chi connectivity index (χ3v) is 2.82. The number of fused-ring (bicyclic) bond motifs is 1. The van der Waals surface area contributed by atoms with Crippen LogP contribution in [0.2, 0.25) is 0 Å². The van der Waals surface area contributed by atoms with Crippen LogP contribution in [-0.4, -0.2) is 56.5 Å². The van der Waals surface area contributed by atoms with E-state index in [0.29, 0.717) is 13.1 Å². The topological polar surface area (TPSA) is 95.7 Å². The van der Waals surface area contributed by atoms with Gasteiger partial charge in [0.25, 0.3) is 0 Å². The SMILES string of the molecule is O=C(O)CN(CCn1cc2ccccc2n1)CC(=O)O.[H-].[H-].[Na+].[Na+]. The van der Waals surface area contributed by atoms with Gasteiger partial charge in [-0.2, -0.15) is 5.10 Å². The molecule has 0 saturated carbocycles. The van der Waals surface area contributed by atoms with Crippen molar-refractivity contribution in [1.29, 1.82) is 0 Å². The van der Waals surface area contributed by atoms with Crippen LogP contribution < -0.4 is 59.1 Å². The van der Waals surface area contributed by atoms with E-state index in [-0.39, 0.29) is 75.1 Å². The minimum Gasteiger partial charge on any atom is -1.00 e. The minimum atomic E-state index is -1.04. The zero-order valence-electron chi connectivity index (χ0n) is 14.8. The Morgan fingerprint density at radius 2 is 1.73 bits per heavy atom. The molecule has 2 N–H and O–H groups in total. The molecule has 0 fully saturated rings. The molecule has 22 heavy (non-hydrogen) atoms. The van der Waals surface area contributed by atoms with Crippen molar-refractivity contribution in [2.75, 3.05) is 19.6 Å². The van der Waals surface area contributed by atoms with E-state index in [0.717, 1.165) is 10.9 Å². The van der Waals surface area contributed by atoms with Gasteiger partial charge in [-0.15, -0.1) is 0 Å². The zero-order chi connectivity index (χ0) is 14.5. The molecule has 2 rings (SSSR count). The molecule has 0 atom stereocenters. The molecule has 1 aromatic heterocycles. The molecule has 0 saturated heterocycles. The molecule has 0 radical (unpaired) electrons. The second-order valence-electron chi connectivity index (χ2n) is 4.45. The number of aliphatic carboxylic acids is 2. The summed E-state index contributed by atoms with van der Waals surface area (Å²) < 4.78 is 1.70. The third kappa shape index (κ3) is 6.78. The maximum Gasteiger partial charge on any atom is 1.00 e. The van der Waals surface area contributed by atoms with Crippen molar-refractivity contribution in [2.45, 2.75) is 6.54 Å². The van der Waals surface area contributed by atoms with Gasteiger partial charge in [0.05, 0.1) is 25.2 Å². The van der Waals surface area contributed by atoms with Crippen LogP contribution in [0.1, 0.15) is 2.85 Å². The fourth-order valence-corrected chi connectivity index (χ4v) is 1.97. The van der Waals surface area contributed by atoms with Crippen molar-refractivity contribution in [3.05, 3.63) is 30.5 Å². The molecule has 2 aromatic rings. The molecule has 0 aliphatic rings. The number of benzene rings is 1. The molecule has 0 spiro atoms. The van der Waals surface area contributed by atoms with Gasteiger partial charge < -0.3 is 13.1 Å². The van der Waals surface area contributed by atoms with Gasteiger partial charge in [0.2, 0.25) is 0 Å². The van der Waals surface area contributed by atoms with E-state index in [1.165, 1.54) is 4.90 Å². The summed E-state index contributed by atoms with van der Waals surface area (Å²) in [4.78, 5) is 22.7. The number of rotatable bonds is 7. The number of nitrogens with zero attached hydrogens (tertiary/aromatic N) is 3. The molecule has 0 aliphatic carbocycles. The van der Waals surface area contributed by atoms with Crippen LogP contribution in [0.3, 0.4) is 0 Å². The maximum atomic E-state index is 10.7. The number of hydrogen-bond donors (Lipinski definition) is 2. The molecule has 0 unspecified atom stereocenters. The molecule has 0 bridgehead atoms. The standard InChI is InChI=1S/C13H15N3O4.2Na.2H/c17-12(18)8-15(9-13(19)20)5-6-16-7-10-3-1-2-4-11(10)14-16;;;;/h1-4,7H,5-6,8-9H2,(H,17,18)(H,19,20);;;;/q;2*+1;2*-1. The molecule has 1 aromatic carbocycles. The molecule has 0 amide bonds. The van der Waals surface area contributed by atoms with E-state index in [4.69, 9.17) is 10.2 Å². The summed E-state index contributed by atoms with van der Waals surface area (Å²) in [5, 5.41) is 22.8. The van der Waals surface area contributed by atoms with Crippen LogP contribution in [-0.2, 0) is 16.1 Å². The van der Waals surface area contributed by atoms with Crippen molar-refractivity contribution in [2.24, 2.45) is 0 Å². The first kappa shape index (κ1) is 21.6. The molecule has 7 nitrogen and oxygen atoms in total. The van der Waals surface area contributed by atoms with Crippen molar-refractivity contribution in [3.63, 3.8) is 0 Å². The number of carboxylic acids is 2. The van der Waals surface area contributed by atoms with E-state index in [2.05, 4.69) is 5.10 Å². The third-order valence-electron chi connectivity index (χ3n) is 2.82. The van der Waals surface area contributed by atoms with Gasteiger partial charge in [0.1, 0.15) is 0 Å². The van der Waals surface area contributed by atoms with Gasteiger partial charge in [-0.25, -0.2) is 0 Å². The average Bonchev–Trinajstić information content (AvgIpc) is 2.77. The summed E-state index contributed by atoms with van der Waals surface area (Å²) in [5.41, 5.74) is 0.857. The summed E-state index contributed by atoms with van der Waals surface area (Å²) in [6.07, 6.45) is 1.86. The molecule has 0 aliphatic heterocycles. The van der Waals surface area contributed by atoms with E-state index < -0.39 is 11.9 Å². The largest absolute Gasteiger partial charge is 1.00 e. The minimum absolute atomic E-state index is 0. The van der Waals surface area contributed by atoms with Crippen LogP contribution in [0.5, 0.6) is 0 Å². The van der Waals surface area contributed by atoms with Gasteiger partial charge in [0.15, 0.2) is 0 Å². The second-order valence-corrected chi connectivity index (χ2v) is 4.45. The molecule has 9 heteroatoms. The Morgan fingerprint density at radius 3 is 2.27 bits per heavy atom. The van der Waals surface area contributed by atoms with Gasteiger partial charge in [0, 0.05) is 18.1 Å². The Bertz CT molecular complexity index is 593. The first-order valence-corrected chi connectivity index (χ1v) is 6.13. The van der Waals surface area contributed by atoms with Crippen molar-refractivity contribution < 1.29 is 81.8 Å². The quantitative estimate of drug-likeness (QED) is 0.494. The predicted molar refractivity (Wildman–Crippen MR) is 73.7 cm³/mol. The van der Waals surface area contributed by atoms with Crippen molar-refractivity contribution in [3.8, 4) is 0 Å². The van der Waals surface area contributed by atoms with Gasteiger partial charge in [-0.1, -0.05) is 18.2 Å². The number of carboxylic acid groups (broad SMARTS) is 2. The van der Waals surface area contributed by atoms with Crippen molar-refractivity contribution in [1.82, 2.24) is 14.7 Å². The van der Waals surface area contributed by atoms with Crippen molar-refractivity contribution >= 4 is 22.8 Å². The van der Waals surface area contributed by atoms with E-state index in [1.54, 1.807) is 4.68 Å². The molecular weight excluding hydrogens is 308 g/mol. The number of carbonyl (C=O) groups is 2. The summed E-state index contributed by atoms with van der Waals surface area (Å²) in [6, 6.07) is 7.62. The Balaban J connectivity index is -0.00000110. The van der Waals surface area contributed by atoms with Gasteiger partial charge in [-0.3, -0.25) is 19.2 Å². The van der Waals surface area contributed by atoms with Gasteiger partial charge >= 0.3 is 71.1 Å². The number of hydrogen-bond acceptors (Lipinski definition) is 4. The van der Waals surface area contributed by atoms with E-state index in [9.17, 15) is 9.59 Å². The normalized spacial score (nSPS) is 10.0. The smallest absolute Gasteiger partial charge is 1.00 e. The van der Waals surface area contributed by atoms with Crippen LogP contribution in [0.4, 0.5) is 0 Å². The first-order chi connectivity index (χ1) is 9.54. The maximum absolute atomic E-state index is 10.7. The summed E-state index contributed by atoms with van der Waals surface area (Å²) >= 11 is 0. The monoisotopic (exact) mass is 325 g/mol. The van der Waals surface area contributed by atoms with Crippen LogP contribution in [0, 0.1) is 0 Å². The van der Waals surface area contributed by atoms with E-state index >= 15 is 0 Å². The predicted octanol–water partition coefficient (Wildman–Crippen LogP) is -5.26. The fraction of sp³-hybridized carbons (Fsp3) is 0.308. The van der Waals surface area contributed by atoms with Gasteiger partial charge in [-0.05, 0) is 6.07 Å². The molecular formula is C13H17N3Na2O4. The van der Waals surface area contributed by atoms with Crippen LogP contribution >= 0.6 is 0 Å².